The molecule has 0 fully saturated rings. The monoisotopic (exact) mass is 436 g/mol. The number of nitrogens with one attached hydrogen (secondary N) is 1. The third kappa shape index (κ3) is 7.51. The molecule has 0 aliphatic rings. The molecule has 4 heteroatoms. The van der Waals surface area contributed by atoms with Gasteiger partial charge in [-0.05, 0) is 54.4 Å². The Labute approximate surface area is 194 Å². The molecular formula is C28H40N2O2. The quantitative estimate of drug-likeness (QED) is 0.496. The van der Waals surface area contributed by atoms with Crippen LogP contribution in [0.4, 0.5) is 0 Å². The van der Waals surface area contributed by atoms with Crippen molar-refractivity contribution >= 4 is 11.8 Å². The minimum atomic E-state index is -0.512. The maximum absolute atomic E-state index is 13.3. The molecule has 2 aromatic rings. The molecule has 1 unspecified atom stereocenters. The molecule has 0 aliphatic heterocycles. The van der Waals surface area contributed by atoms with E-state index in [1.165, 1.54) is 5.56 Å². The molecule has 1 atom stereocenters. The minimum Gasteiger partial charge on any atom is -0.354 e. The normalized spacial score (nSPS) is 12.3. The first kappa shape index (κ1) is 25.6. The molecule has 0 heterocycles. The molecule has 0 spiro atoms. The van der Waals surface area contributed by atoms with Crippen molar-refractivity contribution in [3.8, 4) is 0 Å². The second-order valence-electron chi connectivity index (χ2n) is 9.72. The summed E-state index contributed by atoms with van der Waals surface area (Å²) in [5.41, 5.74) is 4.73. The number of hydrogen-bond donors (Lipinski definition) is 1. The van der Waals surface area contributed by atoms with Crippen molar-refractivity contribution in [3.05, 3.63) is 70.8 Å². The van der Waals surface area contributed by atoms with Gasteiger partial charge in [0.2, 0.25) is 11.8 Å². The maximum atomic E-state index is 13.3. The number of aryl methyl sites for hydroxylation is 2. The summed E-state index contributed by atoms with van der Waals surface area (Å²) in [5, 5.41) is 2.98. The Morgan fingerprint density at radius 1 is 1.03 bits per heavy atom. The fourth-order valence-corrected chi connectivity index (χ4v) is 3.66. The molecule has 0 aromatic heterocycles. The standard InChI is InChI=1S/C28H40N2O2/c1-7-8-19-29-27(32)22(3)30(20-24-12-10-9-11-21(24)2)26(31)18-15-23-13-16-25(17-14-23)28(4,5)6/h9-14,16-17,22H,7-8,15,18-20H2,1-6H3,(H,29,32). The molecular weight excluding hydrogens is 396 g/mol. The first-order valence-corrected chi connectivity index (χ1v) is 11.8. The SMILES string of the molecule is CCCCNC(=O)C(C)N(Cc1ccccc1C)C(=O)CCc1ccc(C(C)(C)C)cc1. The highest BCUT2D eigenvalue weighted by Crippen LogP contribution is 2.23. The fraction of sp³-hybridized carbons (Fsp3) is 0.500. The van der Waals surface area contributed by atoms with Gasteiger partial charge < -0.3 is 10.2 Å². The number of rotatable bonds is 10. The highest BCUT2D eigenvalue weighted by atomic mass is 16.2. The maximum Gasteiger partial charge on any atom is 0.242 e. The van der Waals surface area contributed by atoms with Gasteiger partial charge in [0.25, 0.3) is 0 Å². The molecule has 2 aromatic carbocycles. The van der Waals surface area contributed by atoms with Crippen molar-refractivity contribution < 1.29 is 9.59 Å². The molecule has 2 rings (SSSR count). The Morgan fingerprint density at radius 3 is 2.28 bits per heavy atom. The highest BCUT2D eigenvalue weighted by Gasteiger charge is 2.26. The summed E-state index contributed by atoms with van der Waals surface area (Å²) in [5.74, 6) is -0.0822. The molecule has 0 saturated heterocycles. The summed E-state index contributed by atoms with van der Waals surface area (Å²) in [7, 11) is 0. The van der Waals surface area contributed by atoms with E-state index in [-0.39, 0.29) is 17.2 Å². The summed E-state index contributed by atoms with van der Waals surface area (Å²) in [6.45, 7) is 13.6. The van der Waals surface area contributed by atoms with Crippen molar-refractivity contribution in [2.75, 3.05) is 6.54 Å². The lowest BCUT2D eigenvalue weighted by Crippen LogP contribution is -2.48. The number of unbranched alkanes of at least 4 members (excludes halogenated alkanes) is 1. The van der Waals surface area contributed by atoms with Crippen LogP contribution < -0.4 is 5.32 Å². The Hall–Kier alpha value is -2.62. The van der Waals surface area contributed by atoms with Gasteiger partial charge in [0.15, 0.2) is 0 Å². The van der Waals surface area contributed by atoms with Crippen LogP contribution in [0.1, 0.15) is 76.1 Å². The van der Waals surface area contributed by atoms with Crippen molar-refractivity contribution in [3.63, 3.8) is 0 Å². The lowest BCUT2D eigenvalue weighted by atomic mass is 9.86. The van der Waals surface area contributed by atoms with E-state index in [9.17, 15) is 9.59 Å². The lowest BCUT2D eigenvalue weighted by molar-refractivity contribution is -0.140. The molecule has 1 N–H and O–H groups in total. The zero-order valence-corrected chi connectivity index (χ0v) is 20.7. The molecule has 2 amide bonds. The molecule has 0 radical (unpaired) electrons. The van der Waals surface area contributed by atoms with Gasteiger partial charge in [-0.3, -0.25) is 9.59 Å². The average molecular weight is 437 g/mol. The third-order valence-electron chi connectivity index (χ3n) is 6.05. The molecule has 4 nitrogen and oxygen atoms in total. The second-order valence-corrected chi connectivity index (χ2v) is 9.72. The van der Waals surface area contributed by atoms with Crippen molar-refractivity contribution in [2.45, 2.75) is 85.2 Å². The van der Waals surface area contributed by atoms with Crippen molar-refractivity contribution in [1.82, 2.24) is 10.2 Å². The zero-order valence-electron chi connectivity index (χ0n) is 20.7. The van der Waals surface area contributed by atoms with Gasteiger partial charge in [0, 0.05) is 19.5 Å². The fourth-order valence-electron chi connectivity index (χ4n) is 3.66. The Kier molecular flexibility index (Phi) is 9.49. The number of carbonyl (C=O) groups is 2. The summed E-state index contributed by atoms with van der Waals surface area (Å²) in [6, 6.07) is 16.1. The van der Waals surface area contributed by atoms with E-state index in [0.717, 1.165) is 29.5 Å². The first-order valence-electron chi connectivity index (χ1n) is 11.8. The zero-order chi connectivity index (χ0) is 23.7. The molecule has 0 aliphatic carbocycles. The van der Waals surface area contributed by atoms with E-state index in [1.807, 2.05) is 38.1 Å². The van der Waals surface area contributed by atoms with Crippen LogP contribution in [0.3, 0.4) is 0 Å². The topological polar surface area (TPSA) is 49.4 Å². The Morgan fingerprint density at radius 2 is 1.69 bits per heavy atom. The van der Waals surface area contributed by atoms with E-state index < -0.39 is 6.04 Å². The van der Waals surface area contributed by atoms with Crippen LogP contribution in [-0.4, -0.2) is 29.3 Å². The molecule has 0 bridgehead atoms. The largest absolute Gasteiger partial charge is 0.354 e. The minimum absolute atomic E-state index is 0.00583. The van der Waals surface area contributed by atoms with E-state index in [2.05, 4.69) is 57.3 Å². The highest BCUT2D eigenvalue weighted by molar-refractivity contribution is 5.87. The number of carbonyl (C=O) groups excluding carboxylic acids is 2. The van der Waals surface area contributed by atoms with Crippen molar-refractivity contribution in [2.24, 2.45) is 0 Å². The summed E-state index contributed by atoms with van der Waals surface area (Å²) >= 11 is 0. The molecule has 174 valence electrons. The van der Waals surface area contributed by atoms with Gasteiger partial charge in [-0.15, -0.1) is 0 Å². The van der Waals surface area contributed by atoms with Crippen LogP contribution in [0, 0.1) is 6.92 Å². The van der Waals surface area contributed by atoms with Gasteiger partial charge in [-0.25, -0.2) is 0 Å². The Bertz CT molecular complexity index is 881. The predicted molar refractivity (Wildman–Crippen MR) is 133 cm³/mol. The van der Waals surface area contributed by atoms with Gasteiger partial charge in [-0.2, -0.15) is 0 Å². The van der Waals surface area contributed by atoms with Crippen LogP contribution >= 0.6 is 0 Å². The van der Waals surface area contributed by atoms with E-state index >= 15 is 0 Å². The number of amides is 2. The number of hydrogen-bond acceptors (Lipinski definition) is 2. The Balaban J connectivity index is 2.12. The second kappa shape index (κ2) is 11.8. The summed E-state index contributed by atoms with van der Waals surface area (Å²) in [6.07, 6.45) is 3.01. The van der Waals surface area contributed by atoms with Gasteiger partial charge in [0.05, 0.1) is 0 Å². The van der Waals surface area contributed by atoms with Crippen LogP contribution in [0.5, 0.6) is 0 Å². The smallest absolute Gasteiger partial charge is 0.242 e. The van der Waals surface area contributed by atoms with E-state index in [0.29, 0.717) is 25.9 Å². The predicted octanol–water partition coefficient (Wildman–Crippen LogP) is 5.56. The number of benzene rings is 2. The van der Waals surface area contributed by atoms with Crippen LogP contribution in [0.2, 0.25) is 0 Å². The molecule has 32 heavy (non-hydrogen) atoms. The first-order chi connectivity index (χ1) is 15.1. The lowest BCUT2D eigenvalue weighted by Gasteiger charge is -2.29. The average Bonchev–Trinajstić information content (AvgIpc) is 2.76. The van der Waals surface area contributed by atoms with E-state index in [4.69, 9.17) is 0 Å². The van der Waals surface area contributed by atoms with Gasteiger partial charge >= 0.3 is 0 Å². The molecule has 0 saturated carbocycles. The number of nitrogens with zero attached hydrogens (tertiary/aromatic N) is 1. The van der Waals surface area contributed by atoms with Gasteiger partial charge in [-0.1, -0.05) is 82.6 Å². The van der Waals surface area contributed by atoms with Crippen molar-refractivity contribution in [1.29, 1.82) is 0 Å². The van der Waals surface area contributed by atoms with Crippen LogP contribution in [0.25, 0.3) is 0 Å². The van der Waals surface area contributed by atoms with Crippen LogP contribution in [0.15, 0.2) is 48.5 Å². The van der Waals surface area contributed by atoms with Crippen LogP contribution in [-0.2, 0) is 28.0 Å². The summed E-state index contributed by atoms with van der Waals surface area (Å²) in [4.78, 5) is 27.7. The summed E-state index contributed by atoms with van der Waals surface area (Å²) < 4.78 is 0. The van der Waals surface area contributed by atoms with E-state index in [1.54, 1.807) is 4.90 Å². The third-order valence-corrected chi connectivity index (χ3v) is 6.05. The van der Waals surface area contributed by atoms with Gasteiger partial charge in [0.1, 0.15) is 6.04 Å².